The third-order valence-electron chi connectivity index (χ3n) is 4.63. The number of carbonyl (C=O) groups is 2. The number of nitrogens with zero attached hydrogens (tertiary/aromatic N) is 2. The summed E-state index contributed by atoms with van der Waals surface area (Å²) in [5, 5.41) is 10.2. The monoisotopic (exact) mass is 346 g/mol. The highest BCUT2D eigenvalue weighted by molar-refractivity contribution is 5.99. The van der Waals surface area contributed by atoms with Crippen molar-refractivity contribution >= 4 is 17.7 Å². The highest BCUT2D eigenvalue weighted by Crippen LogP contribution is 2.32. The minimum Gasteiger partial charge on any atom is -0.444 e. The Morgan fingerprint density at radius 1 is 1.24 bits per heavy atom. The van der Waals surface area contributed by atoms with Crippen LogP contribution < -0.4 is 4.90 Å². The second-order valence-corrected chi connectivity index (χ2v) is 8.12. The van der Waals surface area contributed by atoms with Crippen LogP contribution in [-0.2, 0) is 22.6 Å². The maximum atomic E-state index is 12.5. The first-order chi connectivity index (χ1) is 11.6. The average Bonchev–Trinajstić information content (AvgIpc) is 2.91. The highest BCUT2D eigenvalue weighted by atomic mass is 16.6. The number of hydrogen-bond acceptors (Lipinski definition) is 4. The molecule has 1 saturated heterocycles. The summed E-state index contributed by atoms with van der Waals surface area (Å²) in [6.45, 7) is 8.69. The summed E-state index contributed by atoms with van der Waals surface area (Å²) in [5.41, 5.74) is 1.02. The van der Waals surface area contributed by atoms with E-state index in [0.717, 1.165) is 23.2 Å². The topological polar surface area (TPSA) is 70.1 Å². The van der Waals surface area contributed by atoms with Crippen LogP contribution in [0.3, 0.4) is 0 Å². The maximum absolute atomic E-state index is 12.5. The molecule has 0 spiro atoms. The van der Waals surface area contributed by atoms with Gasteiger partial charge in [0.05, 0.1) is 0 Å². The second kappa shape index (κ2) is 6.02. The number of aliphatic hydroxyl groups is 1. The molecule has 2 aliphatic rings. The number of piperidine rings is 1. The van der Waals surface area contributed by atoms with Gasteiger partial charge in [0.2, 0.25) is 0 Å². The van der Waals surface area contributed by atoms with Crippen LogP contribution in [0.1, 0.15) is 51.7 Å². The Kier molecular flexibility index (Phi) is 4.27. The van der Waals surface area contributed by atoms with Crippen molar-refractivity contribution in [3.63, 3.8) is 0 Å². The van der Waals surface area contributed by atoms with Crippen LogP contribution in [0.4, 0.5) is 10.5 Å². The normalized spacial score (nSPS) is 23.6. The standard InChI is InChI=1S/C19H26N2O4/c1-18(2,3)25-17(23)20-11-13-6-7-15(10-14(13)12-20)21-9-5-8-19(4,24)16(21)22/h6-7,10,24H,5,8-9,11-12H2,1-4H3. The molecule has 1 aromatic carbocycles. The molecule has 0 aromatic heterocycles. The molecule has 2 amide bonds. The van der Waals surface area contributed by atoms with Crippen LogP contribution in [0.15, 0.2) is 18.2 Å². The Morgan fingerprint density at radius 2 is 1.92 bits per heavy atom. The van der Waals surface area contributed by atoms with E-state index in [1.807, 2.05) is 39.0 Å². The fourth-order valence-electron chi connectivity index (χ4n) is 3.33. The largest absolute Gasteiger partial charge is 0.444 e. The van der Waals surface area contributed by atoms with Gasteiger partial charge >= 0.3 is 6.09 Å². The molecule has 2 heterocycles. The summed E-state index contributed by atoms with van der Waals surface area (Å²) >= 11 is 0. The van der Waals surface area contributed by atoms with Crippen molar-refractivity contribution in [1.82, 2.24) is 4.90 Å². The maximum Gasteiger partial charge on any atom is 0.410 e. The first-order valence-electron chi connectivity index (χ1n) is 8.71. The molecule has 0 aliphatic carbocycles. The zero-order valence-electron chi connectivity index (χ0n) is 15.3. The average molecular weight is 346 g/mol. The van der Waals surface area contributed by atoms with Gasteiger partial charge in [0.25, 0.3) is 5.91 Å². The SMILES string of the molecule is CC(C)(C)OC(=O)N1Cc2ccc(N3CCCC(C)(O)C3=O)cc2C1. The van der Waals surface area contributed by atoms with Crippen molar-refractivity contribution in [2.75, 3.05) is 11.4 Å². The molecular weight excluding hydrogens is 320 g/mol. The predicted octanol–water partition coefficient (Wildman–Crippen LogP) is 2.82. The summed E-state index contributed by atoms with van der Waals surface area (Å²) in [7, 11) is 0. The zero-order valence-corrected chi connectivity index (χ0v) is 15.3. The van der Waals surface area contributed by atoms with E-state index in [4.69, 9.17) is 4.74 Å². The third-order valence-corrected chi connectivity index (χ3v) is 4.63. The fraction of sp³-hybridized carbons (Fsp3) is 0.579. The highest BCUT2D eigenvalue weighted by Gasteiger charge is 2.38. The van der Waals surface area contributed by atoms with E-state index in [-0.39, 0.29) is 12.0 Å². The zero-order chi connectivity index (χ0) is 18.4. The number of rotatable bonds is 1. The van der Waals surface area contributed by atoms with Gasteiger partial charge in [-0.3, -0.25) is 9.69 Å². The molecule has 1 atom stereocenters. The van der Waals surface area contributed by atoms with E-state index in [1.54, 1.807) is 16.7 Å². The minimum atomic E-state index is -1.31. The van der Waals surface area contributed by atoms with Crippen LogP contribution in [0.2, 0.25) is 0 Å². The Hall–Kier alpha value is -2.08. The molecule has 136 valence electrons. The van der Waals surface area contributed by atoms with Crippen LogP contribution in [0.5, 0.6) is 0 Å². The number of carbonyl (C=O) groups excluding carboxylic acids is 2. The fourth-order valence-corrected chi connectivity index (χ4v) is 3.33. The van der Waals surface area contributed by atoms with E-state index in [2.05, 4.69) is 0 Å². The lowest BCUT2D eigenvalue weighted by atomic mass is 9.93. The summed E-state index contributed by atoms with van der Waals surface area (Å²) in [6.07, 6.45) is 0.918. The Balaban J connectivity index is 1.76. The van der Waals surface area contributed by atoms with Gasteiger partial charge in [-0.2, -0.15) is 0 Å². The Labute approximate surface area is 148 Å². The molecule has 6 heteroatoms. The molecular formula is C19H26N2O4. The van der Waals surface area contributed by atoms with Crippen molar-refractivity contribution in [3.05, 3.63) is 29.3 Å². The van der Waals surface area contributed by atoms with E-state index < -0.39 is 11.2 Å². The van der Waals surface area contributed by atoms with Crippen molar-refractivity contribution in [3.8, 4) is 0 Å². The molecule has 2 aliphatic heterocycles. The van der Waals surface area contributed by atoms with Gasteiger partial charge in [-0.25, -0.2) is 4.79 Å². The molecule has 1 unspecified atom stereocenters. The molecule has 1 N–H and O–H groups in total. The molecule has 3 rings (SSSR count). The molecule has 0 radical (unpaired) electrons. The Bertz CT molecular complexity index is 706. The quantitative estimate of drug-likeness (QED) is 0.849. The van der Waals surface area contributed by atoms with Gasteiger partial charge in [0.15, 0.2) is 0 Å². The van der Waals surface area contributed by atoms with Crippen LogP contribution in [0.25, 0.3) is 0 Å². The molecule has 1 fully saturated rings. The predicted molar refractivity (Wildman–Crippen MR) is 94.1 cm³/mol. The first-order valence-corrected chi connectivity index (χ1v) is 8.71. The van der Waals surface area contributed by atoms with Gasteiger partial charge in [-0.15, -0.1) is 0 Å². The number of fused-ring (bicyclic) bond motifs is 1. The van der Waals surface area contributed by atoms with E-state index in [1.165, 1.54) is 0 Å². The van der Waals surface area contributed by atoms with E-state index in [9.17, 15) is 14.7 Å². The van der Waals surface area contributed by atoms with Gasteiger partial charge < -0.3 is 14.7 Å². The van der Waals surface area contributed by atoms with Crippen molar-refractivity contribution < 1.29 is 19.4 Å². The lowest BCUT2D eigenvalue weighted by Crippen LogP contribution is -2.51. The number of anilines is 1. The summed E-state index contributed by atoms with van der Waals surface area (Å²) in [5.74, 6) is -0.263. The number of benzene rings is 1. The van der Waals surface area contributed by atoms with Crippen molar-refractivity contribution in [2.45, 2.75) is 64.8 Å². The third kappa shape index (κ3) is 3.63. The van der Waals surface area contributed by atoms with E-state index in [0.29, 0.717) is 26.1 Å². The lowest BCUT2D eigenvalue weighted by molar-refractivity contribution is -0.137. The molecule has 0 bridgehead atoms. The molecule has 25 heavy (non-hydrogen) atoms. The molecule has 6 nitrogen and oxygen atoms in total. The van der Waals surface area contributed by atoms with Crippen molar-refractivity contribution in [2.24, 2.45) is 0 Å². The van der Waals surface area contributed by atoms with Gasteiger partial charge in [0.1, 0.15) is 11.2 Å². The van der Waals surface area contributed by atoms with Gasteiger partial charge in [-0.1, -0.05) is 6.07 Å². The minimum absolute atomic E-state index is 0.263. The summed E-state index contributed by atoms with van der Waals surface area (Å²) in [6, 6.07) is 5.78. The number of ether oxygens (including phenoxy) is 1. The van der Waals surface area contributed by atoms with Gasteiger partial charge in [0, 0.05) is 25.3 Å². The van der Waals surface area contributed by atoms with E-state index >= 15 is 0 Å². The van der Waals surface area contributed by atoms with Crippen LogP contribution in [0, 0.1) is 0 Å². The van der Waals surface area contributed by atoms with Crippen LogP contribution in [-0.4, -0.2) is 39.8 Å². The molecule has 1 aromatic rings. The second-order valence-electron chi connectivity index (χ2n) is 8.12. The Morgan fingerprint density at radius 3 is 2.60 bits per heavy atom. The lowest BCUT2D eigenvalue weighted by Gasteiger charge is -2.36. The number of hydrogen-bond donors (Lipinski definition) is 1. The first kappa shape index (κ1) is 17.7. The number of amides is 2. The smallest absolute Gasteiger partial charge is 0.410 e. The summed E-state index contributed by atoms with van der Waals surface area (Å²) < 4.78 is 5.43. The van der Waals surface area contributed by atoms with Crippen LogP contribution >= 0.6 is 0 Å². The summed E-state index contributed by atoms with van der Waals surface area (Å²) in [4.78, 5) is 28.0. The molecule has 0 saturated carbocycles. The van der Waals surface area contributed by atoms with Crippen molar-refractivity contribution in [1.29, 1.82) is 0 Å². The van der Waals surface area contributed by atoms with Gasteiger partial charge in [-0.05, 0) is 63.8 Å².